The summed E-state index contributed by atoms with van der Waals surface area (Å²) in [6, 6.07) is 6.62. The minimum absolute atomic E-state index is 0.236. The van der Waals surface area contributed by atoms with Crippen LogP contribution in [0.3, 0.4) is 0 Å². The molecule has 2 rings (SSSR count). The highest BCUT2D eigenvalue weighted by Crippen LogP contribution is 2.36. The Morgan fingerprint density at radius 1 is 1.45 bits per heavy atom. The zero-order chi connectivity index (χ0) is 14.4. The number of carbonyl (C=O) groups is 1. The highest BCUT2D eigenvalue weighted by Gasteiger charge is 2.24. The van der Waals surface area contributed by atoms with Crippen molar-refractivity contribution in [2.24, 2.45) is 0 Å². The lowest BCUT2D eigenvalue weighted by molar-refractivity contribution is -0.141. The molecule has 1 aromatic rings. The molecule has 0 bridgehead atoms. The minimum atomic E-state index is -0.236. The molecule has 4 heteroatoms. The van der Waals surface area contributed by atoms with Crippen LogP contribution in [-0.4, -0.2) is 26.2 Å². The van der Waals surface area contributed by atoms with Gasteiger partial charge >= 0.3 is 5.97 Å². The average molecular weight is 277 g/mol. The Bertz CT molecular complexity index is 459. The number of esters is 1. The maximum atomic E-state index is 11.1. The molecular weight excluding hydrogens is 254 g/mol. The van der Waals surface area contributed by atoms with Gasteiger partial charge in [-0.25, -0.2) is 0 Å². The summed E-state index contributed by atoms with van der Waals surface area (Å²) >= 11 is 0. The van der Waals surface area contributed by atoms with Gasteiger partial charge < -0.3 is 14.8 Å². The second-order valence-corrected chi connectivity index (χ2v) is 5.04. The summed E-state index contributed by atoms with van der Waals surface area (Å²) in [4.78, 5) is 11.1. The summed E-state index contributed by atoms with van der Waals surface area (Å²) in [6.45, 7) is 3.59. The largest absolute Gasteiger partial charge is 0.493 e. The van der Waals surface area contributed by atoms with Crippen molar-refractivity contribution in [3.63, 3.8) is 0 Å². The van der Waals surface area contributed by atoms with Crippen LogP contribution in [0.4, 0.5) is 0 Å². The summed E-state index contributed by atoms with van der Waals surface area (Å²) in [5, 5.41) is 3.57. The van der Waals surface area contributed by atoms with E-state index in [1.54, 1.807) is 0 Å². The van der Waals surface area contributed by atoms with Crippen LogP contribution in [-0.2, 0) is 16.0 Å². The van der Waals surface area contributed by atoms with Gasteiger partial charge in [-0.15, -0.1) is 0 Å². The first kappa shape index (κ1) is 14.9. The Morgan fingerprint density at radius 3 is 3.05 bits per heavy atom. The van der Waals surface area contributed by atoms with Gasteiger partial charge in [0, 0.05) is 6.04 Å². The molecule has 0 heterocycles. The van der Waals surface area contributed by atoms with Crippen LogP contribution < -0.4 is 10.1 Å². The molecule has 1 aromatic carbocycles. The van der Waals surface area contributed by atoms with Gasteiger partial charge in [-0.3, -0.25) is 4.79 Å². The van der Waals surface area contributed by atoms with Crippen LogP contribution in [0.1, 0.15) is 43.4 Å². The lowest BCUT2D eigenvalue weighted by Crippen LogP contribution is -2.19. The lowest BCUT2D eigenvalue weighted by atomic mass is 10.1. The van der Waals surface area contributed by atoms with Crippen LogP contribution >= 0.6 is 0 Å². The van der Waals surface area contributed by atoms with Gasteiger partial charge in [0.25, 0.3) is 0 Å². The molecule has 0 radical (unpaired) electrons. The number of fused-ring (bicyclic) bond motifs is 1. The Balaban J connectivity index is 1.98. The third-order valence-corrected chi connectivity index (χ3v) is 3.66. The van der Waals surface area contributed by atoms with Gasteiger partial charge in [0.05, 0.1) is 20.1 Å². The Morgan fingerprint density at radius 2 is 2.30 bits per heavy atom. The van der Waals surface area contributed by atoms with E-state index in [1.165, 1.54) is 18.2 Å². The molecule has 0 spiro atoms. The zero-order valence-electron chi connectivity index (χ0n) is 12.3. The Labute approximate surface area is 120 Å². The molecule has 1 N–H and O–H groups in total. The van der Waals surface area contributed by atoms with Crippen LogP contribution in [0, 0.1) is 0 Å². The van der Waals surface area contributed by atoms with Crippen molar-refractivity contribution >= 4 is 5.97 Å². The maximum Gasteiger partial charge on any atom is 0.308 e. The number of ether oxygens (including phenoxy) is 2. The molecule has 0 amide bonds. The summed E-state index contributed by atoms with van der Waals surface area (Å²) in [7, 11) is 1.40. The summed E-state index contributed by atoms with van der Waals surface area (Å²) < 4.78 is 10.4. The molecule has 1 atom stereocenters. The van der Waals surface area contributed by atoms with Crippen LogP contribution in [0.15, 0.2) is 18.2 Å². The number of rotatable bonds is 7. The van der Waals surface area contributed by atoms with Gasteiger partial charge in [-0.2, -0.15) is 0 Å². The van der Waals surface area contributed by atoms with E-state index in [-0.39, 0.29) is 12.4 Å². The molecular formula is C16H23NO3. The van der Waals surface area contributed by atoms with E-state index in [0.717, 1.165) is 31.6 Å². The smallest absolute Gasteiger partial charge is 0.308 e. The van der Waals surface area contributed by atoms with E-state index in [4.69, 9.17) is 4.74 Å². The first-order valence-corrected chi connectivity index (χ1v) is 7.31. The fourth-order valence-corrected chi connectivity index (χ4v) is 2.63. The molecule has 0 aliphatic heterocycles. The van der Waals surface area contributed by atoms with E-state index in [1.807, 2.05) is 12.1 Å². The average Bonchev–Trinajstić information content (AvgIpc) is 2.89. The van der Waals surface area contributed by atoms with Gasteiger partial charge in [0.15, 0.2) is 0 Å². The number of hydrogen-bond donors (Lipinski definition) is 1. The second kappa shape index (κ2) is 7.29. The van der Waals surface area contributed by atoms with Gasteiger partial charge in [0.1, 0.15) is 5.75 Å². The number of carbonyl (C=O) groups excluding carboxylic acids is 1. The second-order valence-electron chi connectivity index (χ2n) is 5.04. The molecule has 1 aliphatic rings. The first-order chi connectivity index (χ1) is 9.76. The number of benzene rings is 1. The van der Waals surface area contributed by atoms with Crippen LogP contribution in [0.5, 0.6) is 5.75 Å². The predicted octanol–water partition coefficient (Wildman–Crippen LogP) is 2.62. The molecule has 0 fully saturated rings. The van der Waals surface area contributed by atoms with Crippen molar-refractivity contribution < 1.29 is 14.3 Å². The van der Waals surface area contributed by atoms with E-state index < -0.39 is 0 Å². The fraction of sp³-hybridized carbons (Fsp3) is 0.562. The number of hydrogen-bond acceptors (Lipinski definition) is 4. The van der Waals surface area contributed by atoms with Crippen LogP contribution in [0.2, 0.25) is 0 Å². The maximum absolute atomic E-state index is 11.1. The monoisotopic (exact) mass is 277 g/mol. The first-order valence-electron chi connectivity index (χ1n) is 7.31. The topological polar surface area (TPSA) is 47.6 Å². The number of nitrogens with one attached hydrogen (secondary N) is 1. The molecule has 4 nitrogen and oxygen atoms in total. The van der Waals surface area contributed by atoms with Crippen LogP contribution in [0.25, 0.3) is 0 Å². The van der Waals surface area contributed by atoms with Gasteiger partial charge in [-0.05, 0) is 43.0 Å². The van der Waals surface area contributed by atoms with E-state index in [2.05, 4.69) is 23.0 Å². The van der Waals surface area contributed by atoms with Crippen molar-refractivity contribution in [1.29, 1.82) is 0 Å². The van der Waals surface area contributed by atoms with Gasteiger partial charge in [0.2, 0.25) is 0 Å². The molecule has 1 aliphatic carbocycles. The summed E-state index contributed by atoms with van der Waals surface area (Å²) in [5.74, 6) is 0.673. The highest BCUT2D eigenvalue weighted by molar-refractivity contribution is 5.69. The van der Waals surface area contributed by atoms with Crippen molar-refractivity contribution in [2.45, 2.75) is 38.6 Å². The standard InChI is InChI=1S/C16H23NO3/c1-3-10-17-14-8-7-13-12(14)5-4-6-15(13)20-11-9-16(18)19-2/h4-6,14,17H,3,7-11H2,1-2H3. The zero-order valence-corrected chi connectivity index (χ0v) is 12.3. The summed E-state index contributed by atoms with van der Waals surface area (Å²) in [6.07, 6.45) is 3.58. The molecule has 0 saturated heterocycles. The number of methoxy groups -OCH3 is 1. The Kier molecular flexibility index (Phi) is 5.41. The summed E-state index contributed by atoms with van der Waals surface area (Å²) in [5.41, 5.74) is 2.62. The van der Waals surface area contributed by atoms with E-state index in [9.17, 15) is 4.79 Å². The van der Waals surface area contributed by atoms with E-state index in [0.29, 0.717) is 12.6 Å². The third-order valence-electron chi connectivity index (χ3n) is 3.66. The Hall–Kier alpha value is -1.55. The molecule has 0 aromatic heterocycles. The van der Waals surface area contributed by atoms with E-state index >= 15 is 0 Å². The highest BCUT2D eigenvalue weighted by atomic mass is 16.5. The normalized spacial score (nSPS) is 16.8. The van der Waals surface area contributed by atoms with Crippen molar-refractivity contribution in [3.05, 3.63) is 29.3 Å². The quantitative estimate of drug-likeness (QED) is 0.778. The van der Waals surface area contributed by atoms with Crippen molar-refractivity contribution in [1.82, 2.24) is 5.32 Å². The lowest BCUT2D eigenvalue weighted by Gasteiger charge is -2.14. The predicted molar refractivity (Wildman–Crippen MR) is 77.9 cm³/mol. The third kappa shape index (κ3) is 3.51. The van der Waals surface area contributed by atoms with Gasteiger partial charge in [-0.1, -0.05) is 19.1 Å². The van der Waals surface area contributed by atoms with Crippen molar-refractivity contribution in [3.8, 4) is 5.75 Å². The SMILES string of the molecule is CCCNC1CCc2c(OCCC(=O)OC)cccc21. The molecule has 1 unspecified atom stereocenters. The molecule has 20 heavy (non-hydrogen) atoms. The molecule has 0 saturated carbocycles. The fourth-order valence-electron chi connectivity index (χ4n) is 2.63. The molecule has 110 valence electrons. The van der Waals surface area contributed by atoms with Crippen molar-refractivity contribution in [2.75, 3.05) is 20.3 Å². The minimum Gasteiger partial charge on any atom is -0.493 e.